The molecular weight excluding hydrogens is 542 g/mol. The fraction of sp³-hybridized carbons (Fsp3) is 0.581. The summed E-state index contributed by atoms with van der Waals surface area (Å²) < 4.78 is 10.3. The Bertz CT molecular complexity index is 1130. The molecule has 41 heavy (non-hydrogen) atoms. The molecule has 4 fully saturated rings. The van der Waals surface area contributed by atoms with E-state index in [1.807, 2.05) is 30.3 Å². The van der Waals surface area contributed by atoms with Gasteiger partial charge in [-0.05, 0) is 24.8 Å². The van der Waals surface area contributed by atoms with Gasteiger partial charge in [0.1, 0.15) is 6.04 Å². The highest BCUT2D eigenvalue weighted by atomic mass is 32.2. The van der Waals surface area contributed by atoms with Gasteiger partial charge in [-0.25, -0.2) is 0 Å². The molecule has 6 atom stereocenters. The van der Waals surface area contributed by atoms with Crippen LogP contribution in [0.1, 0.15) is 30.9 Å². The highest BCUT2D eigenvalue weighted by Crippen LogP contribution is 2.67. The molecule has 4 aliphatic heterocycles. The van der Waals surface area contributed by atoms with Crippen LogP contribution < -0.4 is 0 Å². The van der Waals surface area contributed by atoms with Crippen molar-refractivity contribution < 1.29 is 29.0 Å². The van der Waals surface area contributed by atoms with Crippen LogP contribution in [0.5, 0.6) is 0 Å². The van der Waals surface area contributed by atoms with Gasteiger partial charge in [-0.1, -0.05) is 42.5 Å². The highest BCUT2D eigenvalue weighted by molar-refractivity contribution is 8.02. The van der Waals surface area contributed by atoms with Gasteiger partial charge in [0.05, 0.1) is 49.1 Å². The summed E-state index contributed by atoms with van der Waals surface area (Å²) in [5.41, 5.74) is 0.755. The summed E-state index contributed by atoms with van der Waals surface area (Å²) in [6, 6.07) is 7.81. The van der Waals surface area contributed by atoms with E-state index < -0.39 is 28.7 Å². The number of likely N-dealkylation sites (tertiary alicyclic amines) is 1. The molecule has 0 aliphatic carbocycles. The molecule has 10 heteroatoms. The Morgan fingerprint density at radius 3 is 2.66 bits per heavy atom. The van der Waals surface area contributed by atoms with Gasteiger partial charge in [-0.3, -0.25) is 19.3 Å². The minimum Gasteiger partial charge on any atom is -0.465 e. The first kappa shape index (κ1) is 29.8. The zero-order valence-electron chi connectivity index (χ0n) is 23.6. The van der Waals surface area contributed by atoms with Crippen LogP contribution in [0.3, 0.4) is 0 Å². The number of morpholine rings is 1. The van der Waals surface area contributed by atoms with E-state index in [-0.39, 0.29) is 36.2 Å². The first-order chi connectivity index (χ1) is 20.0. The standard InChI is InChI=1S/C31H41N3O6S/c1-3-5-18-40-30(38)25-24-11-12-31(41-24)26(25)28(36)34(23(21-35)22-9-7-6-8-10-22)27(31)29(37)33(13-4-2)15-14-32-16-19-39-20-17-32/h3-4,6-10,23-27,35H,1-2,5,11-21H2/t23-,24-,25+,26+,27?,31?/m1/s1. The molecule has 4 heterocycles. The van der Waals surface area contributed by atoms with E-state index >= 15 is 0 Å². The second-order valence-corrected chi connectivity index (χ2v) is 12.8. The molecule has 2 unspecified atom stereocenters. The zero-order chi connectivity index (χ0) is 29.0. The van der Waals surface area contributed by atoms with E-state index in [0.717, 1.165) is 25.1 Å². The van der Waals surface area contributed by atoms with Crippen LogP contribution in [-0.4, -0.2) is 113 Å². The minimum atomic E-state index is -0.817. The fourth-order valence-electron chi connectivity index (χ4n) is 7.05. The second kappa shape index (κ2) is 13.1. The van der Waals surface area contributed by atoms with E-state index in [4.69, 9.17) is 9.47 Å². The Morgan fingerprint density at radius 2 is 1.98 bits per heavy atom. The summed E-state index contributed by atoms with van der Waals surface area (Å²) in [7, 11) is 0. The molecule has 5 rings (SSSR count). The van der Waals surface area contributed by atoms with E-state index in [1.54, 1.807) is 33.7 Å². The lowest BCUT2D eigenvalue weighted by molar-refractivity contribution is -0.154. The molecule has 1 aromatic carbocycles. The van der Waals surface area contributed by atoms with Crippen LogP contribution in [0, 0.1) is 11.8 Å². The zero-order valence-corrected chi connectivity index (χ0v) is 24.4. The summed E-state index contributed by atoms with van der Waals surface area (Å²) in [4.78, 5) is 48.2. The number of aliphatic hydroxyl groups excluding tert-OH is 1. The lowest BCUT2D eigenvalue weighted by atomic mass is 9.71. The lowest BCUT2D eigenvalue weighted by Gasteiger charge is -2.40. The van der Waals surface area contributed by atoms with Crippen molar-refractivity contribution in [1.82, 2.24) is 14.7 Å². The number of benzene rings is 1. The molecule has 1 aromatic rings. The third-order valence-corrected chi connectivity index (χ3v) is 10.9. The number of rotatable bonds is 13. The summed E-state index contributed by atoms with van der Waals surface area (Å²) in [5, 5.41) is 10.6. The maximum Gasteiger partial charge on any atom is 0.310 e. The van der Waals surface area contributed by atoms with Gasteiger partial charge < -0.3 is 24.4 Å². The SMILES string of the molecule is C=CCCOC(=O)[C@@H]1[C@H]2C(=O)N([C@H](CO)c3ccccc3)C(C(=O)N(CC=C)CCN3CCOCC3)C23CC[C@H]1S3. The van der Waals surface area contributed by atoms with Crippen molar-refractivity contribution in [2.24, 2.45) is 11.8 Å². The van der Waals surface area contributed by atoms with Crippen molar-refractivity contribution in [3.05, 3.63) is 61.2 Å². The fourth-order valence-corrected chi connectivity index (χ4v) is 9.24. The number of aliphatic hydroxyl groups is 1. The normalized spacial score (nSPS) is 29.7. The van der Waals surface area contributed by atoms with Gasteiger partial charge in [-0.15, -0.1) is 24.9 Å². The van der Waals surface area contributed by atoms with E-state index in [2.05, 4.69) is 18.1 Å². The van der Waals surface area contributed by atoms with E-state index in [9.17, 15) is 19.5 Å². The maximum absolute atomic E-state index is 14.6. The number of fused-ring (bicyclic) bond motifs is 1. The van der Waals surface area contributed by atoms with Crippen molar-refractivity contribution in [3.63, 3.8) is 0 Å². The van der Waals surface area contributed by atoms with Crippen LogP contribution in [0.4, 0.5) is 0 Å². The molecule has 9 nitrogen and oxygen atoms in total. The van der Waals surface area contributed by atoms with Gasteiger partial charge in [0.2, 0.25) is 11.8 Å². The molecular formula is C31H41N3O6S. The van der Waals surface area contributed by atoms with Crippen LogP contribution in [-0.2, 0) is 23.9 Å². The summed E-state index contributed by atoms with van der Waals surface area (Å²) >= 11 is 1.61. The Hall–Kier alpha value is -2.66. The molecule has 0 radical (unpaired) electrons. The Balaban J connectivity index is 1.50. The number of thioether (sulfide) groups is 1. The predicted molar refractivity (Wildman–Crippen MR) is 157 cm³/mol. The number of carbonyl (C=O) groups is 3. The van der Waals surface area contributed by atoms with E-state index in [0.29, 0.717) is 45.7 Å². The van der Waals surface area contributed by atoms with Crippen molar-refractivity contribution in [2.75, 3.05) is 59.2 Å². The Morgan fingerprint density at radius 1 is 1.22 bits per heavy atom. The molecule has 222 valence electrons. The first-order valence-electron chi connectivity index (χ1n) is 14.6. The minimum absolute atomic E-state index is 0.0804. The van der Waals surface area contributed by atoms with Crippen molar-refractivity contribution in [3.8, 4) is 0 Å². The summed E-state index contributed by atoms with van der Waals surface area (Å²) in [6.07, 6.45) is 5.33. The predicted octanol–water partition coefficient (Wildman–Crippen LogP) is 2.28. The quantitative estimate of drug-likeness (QED) is 0.215. The van der Waals surface area contributed by atoms with Gasteiger partial charge in [-0.2, -0.15) is 0 Å². The number of carbonyl (C=O) groups excluding carboxylic acids is 3. The molecule has 0 aromatic heterocycles. The molecule has 2 amide bonds. The van der Waals surface area contributed by atoms with Gasteiger partial charge in [0.25, 0.3) is 0 Å². The number of hydrogen-bond acceptors (Lipinski definition) is 8. The molecule has 1 spiro atoms. The molecule has 1 N–H and O–H groups in total. The maximum atomic E-state index is 14.6. The third kappa shape index (κ3) is 5.59. The van der Waals surface area contributed by atoms with Gasteiger partial charge in [0, 0.05) is 38.0 Å². The Kier molecular flexibility index (Phi) is 9.53. The number of esters is 1. The number of ether oxygens (including phenoxy) is 2. The third-order valence-electron chi connectivity index (χ3n) is 8.95. The van der Waals surface area contributed by atoms with Crippen molar-refractivity contribution in [2.45, 2.75) is 41.3 Å². The Labute approximate surface area is 246 Å². The average Bonchev–Trinajstić information content (AvgIpc) is 3.64. The van der Waals surface area contributed by atoms with Crippen molar-refractivity contribution >= 4 is 29.5 Å². The number of hydrogen-bond donors (Lipinski definition) is 1. The summed E-state index contributed by atoms with van der Waals surface area (Å²) in [5.74, 6) is -2.09. The molecule has 4 saturated heterocycles. The summed E-state index contributed by atoms with van der Waals surface area (Å²) in [6.45, 7) is 12.0. The molecule has 4 aliphatic rings. The van der Waals surface area contributed by atoms with Crippen molar-refractivity contribution in [1.29, 1.82) is 0 Å². The number of nitrogens with zero attached hydrogens (tertiary/aromatic N) is 3. The van der Waals surface area contributed by atoms with Crippen LogP contribution in [0.2, 0.25) is 0 Å². The monoisotopic (exact) mass is 583 g/mol. The largest absolute Gasteiger partial charge is 0.465 e. The van der Waals surface area contributed by atoms with Crippen LogP contribution in [0.25, 0.3) is 0 Å². The molecule has 2 bridgehead atoms. The topological polar surface area (TPSA) is 99.6 Å². The first-order valence-corrected chi connectivity index (χ1v) is 15.5. The lowest BCUT2D eigenvalue weighted by Crippen LogP contribution is -2.56. The smallest absolute Gasteiger partial charge is 0.310 e. The highest BCUT2D eigenvalue weighted by Gasteiger charge is 2.74. The molecule has 0 saturated carbocycles. The number of amides is 2. The second-order valence-electron chi connectivity index (χ2n) is 11.2. The van der Waals surface area contributed by atoms with E-state index in [1.165, 1.54) is 0 Å². The van der Waals surface area contributed by atoms with Crippen LogP contribution in [0.15, 0.2) is 55.6 Å². The average molecular weight is 584 g/mol. The van der Waals surface area contributed by atoms with Gasteiger partial charge in [0.15, 0.2) is 0 Å². The van der Waals surface area contributed by atoms with Gasteiger partial charge >= 0.3 is 5.97 Å². The van der Waals surface area contributed by atoms with Crippen LogP contribution >= 0.6 is 11.8 Å².